The molecule has 1 aromatic heterocycles. The van der Waals surface area contributed by atoms with E-state index in [0.29, 0.717) is 16.9 Å². The van der Waals surface area contributed by atoms with E-state index in [4.69, 9.17) is 4.74 Å². The fourth-order valence-electron chi connectivity index (χ4n) is 3.74. The zero-order valence-electron chi connectivity index (χ0n) is 18.4. The van der Waals surface area contributed by atoms with E-state index in [9.17, 15) is 19.3 Å². The molecule has 0 saturated carbocycles. The van der Waals surface area contributed by atoms with Crippen LogP contribution in [0, 0.1) is 15.9 Å². The van der Waals surface area contributed by atoms with Gasteiger partial charge in [0.05, 0.1) is 23.5 Å². The van der Waals surface area contributed by atoms with Gasteiger partial charge in [-0.15, -0.1) is 10.2 Å². The smallest absolute Gasteiger partial charge is 0.306 e. The van der Waals surface area contributed by atoms with Gasteiger partial charge in [0.25, 0.3) is 0 Å². The number of ether oxygens (including phenoxy) is 1. The molecule has 2 heterocycles. The molecule has 1 amide bonds. The molecule has 0 atom stereocenters. The van der Waals surface area contributed by atoms with Crippen molar-refractivity contribution in [3.05, 3.63) is 58.4 Å². The average molecular weight is 487 g/mol. The van der Waals surface area contributed by atoms with Crippen LogP contribution in [0.1, 0.15) is 19.3 Å². The predicted molar refractivity (Wildman–Crippen MR) is 126 cm³/mol. The highest BCUT2D eigenvalue weighted by atomic mass is 32.2. The van der Waals surface area contributed by atoms with Crippen LogP contribution in [0.3, 0.4) is 0 Å². The molecule has 0 bridgehead atoms. The largest absolute Gasteiger partial charge is 0.495 e. The number of nitro benzene ring substituents is 1. The number of carbonyl (C=O) groups is 1. The van der Waals surface area contributed by atoms with Crippen LogP contribution in [0.2, 0.25) is 0 Å². The molecular formula is C22H23FN6O4S. The lowest BCUT2D eigenvalue weighted by atomic mass is 10.1. The summed E-state index contributed by atoms with van der Waals surface area (Å²) in [4.78, 5) is 24.8. The first-order valence-electron chi connectivity index (χ1n) is 10.7. The quantitative estimate of drug-likeness (QED) is 0.288. The molecule has 1 saturated heterocycles. The summed E-state index contributed by atoms with van der Waals surface area (Å²) in [7, 11) is 1.59. The van der Waals surface area contributed by atoms with Gasteiger partial charge in [0.15, 0.2) is 5.16 Å². The molecule has 34 heavy (non-hydrogen) atoms. The summed E-state index contributed by atoms with van der Waals surface area (Å²) >= 11 is 1.17. The molecule has 4 rings (SSSR count). The summed E-state index contributed by atoms with van der Waals surface area (Å²) in [5.41, 5.74) is 0.194. The molecule has 3 aromatic rings. The van der Waals surface area contributed by atoms with Crippen molar-refractivity contribution < 1.29 is 18.8 Å². The van der Waals surface area contributed by atoms with Crippen LogP contribution >= 0.6 is 11.8 Å². The summed E-state index contributed by atoms with van der Waals surface area (Å²) in [5.74, 6) is -0.0855. The van der Waals surface area contributed by atoms with Gasteiger partial charge in [-0.05, 0) is 43.5 Å². The van der Waals surface area contributed by atoms with Crippen LogP contribution in [0.15, 0.2) is 47.6 Å². The van der Waals surface area contributed by atoms with Crippen molar-refractivity contribution in [1.29, 1.82) is 0 Å². The number of thioether (sulfide) groups is 1. The lowest BCUT2D eigenvalue weighted by Crippen LogP contribution is -2.31. The summed E-state index contributed by atoms with van der Waals surface area (Å²) in [6.45, 7) is 1.73. The van der Waals surface area contributed by atoms with Crippen LogP contribution < -0.4 is 15.0 Å². The molecule has 1 aliphatic heterocycles. The Morgan fingerprint density at radius 1 is 1.21 bits per heavy atom. The molecule has 0 spiro atoms. The number of piperidine rings is 1. The number of rotatable bonds is 8. The highest BCUT2D eigenvalue weighted by Gasteiger charge is 2.24. The third-order valence-electron chi connectivity index (χ3n) is 5.34. The molecule has 2 aromatic carbocycles. The molecule has 0 aliphatic carbocycles. The second-order valence-electron chi connectivity index (χ2n) is 7.60. The van der Waals surface area contributed by atoms with Gasteiger partial charge in [0.2, 0.25) is 17.7 Å². The van der Waals surface area contributed by atoms with Gasteiger partial charge in [0, 0.05) is 24.8 Å². The van der Waals surface area contributed by atoms with Crippen molar-refractivity contribution in [2.45, 2.75) is 24.4 Å². The number of amides is 1. The van der Waals surface area contributed by atoms with Crippen LogP contribution in [-0.4, -0.2) is 51.5 Å². The van der Waals surface area contributed by atoms with E-state index in [0.717, 1.165) is 43.8 Å². The maximum atomic E-state index is 13.6. The number of halogens is 1. The molecule has 1 fully saturated rings. The van der Waals surface area contributed by atoms with E-state index < -0.39 is 22.3 Å². The Morgan fingerprint density at radius 3 is 2.71 bits per heavy atom. The van der Waals surface area contributed by atoms with Crippen molar-refractivity contribution in [3.8, 4) is 11.4 Å². The van der Waals surface area contributed by atoms with E-state index >= 15 is 0 Å². The fraction of sp³-hybridized carbons (Fsp3) is 0.318. The fourth-order valence-corrected chi connectivity index (χ4v) is 4.48. The minimum absolute atomic E-state index is 0.0293. The number of aromatic nitrogens is 3. The van der Waals surface area contributed by atoms with Crippen molar-refractivity contribution in [2.24, 2.45) is 0 Å². The van der Waals surface area contributed by atoms with Gasteiger partial charge in [-0.1, -0.05) is 23.9 Å². The highest BCUT2D eigenvalue weighted by molar-refractivity contribution is 7.99. The molecule has 0 radical (unpaired) electrons. The third-order valence-corrected chi connectivity index (χ3v) is 6.27. The van der Waals surface area contributed by atoms with Gasteiger partial charge in [-0.2, -0.15) is 4.39 Å². The number of hydrogen-bond donors (Lipinski definition) is 1. The minimum atomic E-state index is -0.965. The van der Waals surface area contributed by atoms with Gasteiger partial charge in [0.1, 0.15) is 5.75 Å². The van der Waals surface area contributed by atoms with Gasteiger partial charge in [-0.3, -0.25) is 19.5 Å². The maximum absolute atomic E-state index is 13.6. The van der Waals surface area contributed by atoms with Crippen molar-refractivity contribution in [1.82, 2.24) is 14.8 Å². The Hall–Kier alpha value is -3.67. The average Bonchev–Trinajstić information content (AvgIpc) is 3.28. The Balaban J connectivity index is 1.56. The molecule has 10 nitrogen and oxygen atoms in total. The lowest BCUT2D eigenvalue weighted by molar-refractivity contribution is -0.387. The molecule has 12 heteroatoms. The van der Waals surface area contributed by atoms with E-state index in [1.54, 1.807) is 7.11 Å². The van der Waals surface area contributed by atoms with Gasteiger partial charge >= 0.3 is 5.69 Å². The first-order valence-corrected chi connectivity index (χ1v) is 11.7. The van der Waals surface area contributed by atoms with Crippen LogP contribution in [0.4, 0.5) is 21.7 Å². The van der Waals surface area contributed by atoms with Crippen LogP contribution in [0.25, 0.3) is 5.69 Å². The van der Waals surface area contributed by atoms with E-state index in [1.807, 2.05) is 28.8 Å². The van der Waals surface area contributed by atoms with Crippen LogP contribution in [-0.2, 0) is 4.79 Å². The van der Waals surface area contributed by atoms with Gasteiger partial charge in [-0.25, -0.2) is 0 Å². The summed E-state index contributed by atoms with van der Waals surface area (Å²) in [6, 6.07) is 10.7. The SMILES string of the molecule is COc1ccccc1-n1c(SCC(=O)Nc2ccc(F)c([N+](=O)[O-])c2)nnc1N1CCCCC1. The minimum Gasteiger partial charge on any atom is -0.495 e. The number of nitro groups is 1. The lowest BCUT2D eigenvalue weighted by Gasteiger charge is -2.28. The van der Waals surface area contributed by atoms with Crippen molar-refractivity contribution in [2.75, 3.05) is 36.2 Å². The number of benzene rings is 2. The zero-order valence-corrected chi connectivity index (χ0v) is 19.3. The molecule has 0 unspecified atom stereocenters. The number of carbonyl (C=O) groups excluding carboxylic acids is 1. The monoisotopic (exact) mass is 486 g/mol. The Bertz CT molecular complexity index is 1200. The summed E-state index contributed by atoms with van der Waals surface area (Å²) < 4.78 is 21.0. The van der Waals surface area contributed by atoms with Crippen molar-refractivity contribution >= 4 is 35.0 Å². The van der Waals surface area contributed by atoms with Crippen LogP contribution in [0.5, 0.6) is 5.75 Å². The van der Waals surface area contributed by atoms with E-state index in [2.05, 4.69) is 20.4 Å². The summed E-state index contributed by atoms with van der Waals surface area (Å²) in [5, 5.41) is 22.8. The molecular weight excluding hydrogens is 463 g/mol. The Kier molecular flexibility index (Phi) is 7.26. The second kappa shape index (κ2) is 10.5. The van der Waals surface area contributed by atoms with Gasteiger partial charge < -0.3 is 15.0 Å². The topological polar surface area (TPSA) is 115 Å². The highest BCUT2D eigenvalue weighted by Crippen LogP contribution is 2.33. The maximum Gasteiger partial charge on any atom is 0.306 e. The number of anilines is 2. The Labute approximate surface area is 199 Å². The predicted octanol–water partition coefficient (Wildman–Crippen LogP) is 4.04. The number of hydrogen-bond acceptors (Lipinski definition) is 8. The molecule has 1 N–H and O–H groups in total. The standard InChI is InChI=1S/C22H23FN6O4S/c1-33-19-8-4-3-7-17(19)28-21(27-11-5-2-6-12-27)25-26-22(28)34-14-20(30)24-15-9-10-16(23)18(13-15)29(31)32/h3-4,7-10,13H,2,5-6,11-12,14H2,1H3,(H,24,30). The number of methoxy groups -OCH3 is 1. The Morgan fingerprint density at radius 2 is 1.97 bits per heavy atom. The first kappa shape index (κ1) is 23.5. The van der Waals surface area contributed by atoms with E-state index in [1.165, 1.54) is 24.2 Å². The normalized spacial score (nSPS) is 13.5. The number of para-hydroxylation sites is 2. The molecule has 178 valence electrons. The number of nitrogens with zero attached hydrogens (tertiary/aromatic N) is 5. The first-order chi connectivity index (χ1) is 16.5. The van der Waals surface area contributed by atoms with E-state index in [-0.39, 0.29) is 11.4 Å². The third kappa shape index (κ3) is 5.11. The second-order valence-corrected chi connectivity index (χ2v) is 8.54. The molecule has 1 aliphatic rings. The van der Waals surface area contributed by atoms with Crippen molar-refractivity contribution in [3.63, 3.8) is 0 Å². The zero-order chi connectivity index (χ0) is 24.1. The summed E-state index contributed by atoms with van der Waals surface area (Å²) in [6.07, 6.45) is 3.30. The number of nitrogens with one attached hydrogen (secondary N) is 1.